The van der Waals surface area contributed by atoms with Crippen molar-refractivity contribution in [3.8, 4) is 73.2 Å². The van der Waals surface area contributed by atoms with Crippen LogP contribution in [0.25, 0.3) is 139 Å². The van der Waals surface area contributed by atoms with Gasteiger partial charge in [0.1, 0.15) is 22.3 Å². The van der Waals surface area contributed by atoms with E-state index < -0.39 is 0 Å². The quantitative estimate of drug-likeness (QED) is 0.159. The zero-order chi connectivity index (χ0) is 47.4. The highest BCUT2D eigenvalue weighted by molar-refractivity contribution is 6.15. The van der Waals surface area contributed by atoms with E-state index in [1.165, 1.54) is 0 Å². The van der Waals surface area contributed by atoms with Crippen LogP contribution in [0, 0.1) is 0 Å². The van der Waals surface area contributed by atoms with E-state index in [1.54, 1.807) is 0 Å². The average Bonchev–Trinajstić information content (AvgIpc) is 4.13. The number of aromatic nitrogens is 4. The van der Waals surface area contributed by atoms with Gasteiger partial charge in [-0.1, -0.05) is 178 Å². The molecule has 0 aliphatic carbocycles. The summed E-state index contributed by atoms with van der Waals surface area (Å²) >= 11 is 0. The second-order valence-electron chi connectivity index (χ2n) is 17.6. The number of rotatable bonds is 7. The molecule has 0 unspecified atom stereocenters. The van der Waals surface area contributed by atoms with Crippen molar-refractivity contribution >= 4 is 65.7 Å². The molecule has 0 aliphatic heterocycles. The van der Waals surface area contributed by atoms with Gasteiger partial charge in [-0.3, -0.25) is 4.57 Å². The predicted molar refractivity (Wildman–Crippen MR) is 293 cm³/mol. The van der Waals surface area contributed by atoms with Gasteiger partial charge in [0.2, 0.25) is 5.95 Å². The molecule has 0 spiro atoms. The fraction of sp³-hybridized carbons (Fsp3) is 0.0308. The Kier molecular flexibility index (Phi) is 10.2. The van der Waals surface area contributed by atoms with Crippen molar-refractivity contribution in [2.75, 3.05) is 0 Å². The van der Waals surface area contributed by atoms with Gasteiger partial charge in [-0.2, -0.15) is 9.97 Å². The molecule has 0 radical (unpaired) electrons. The Hall–Kier alpha value is -9.39. The summed E-state index contributed by atoms with van der Waals surface area (Å²) in [6.45, 7) is 4.00. The molecule has 0 atom stereocenters. The summed E-state index contributed by atoms with van der Waals surface area (Å²) in [6, 6.07) is 80.7. The van der Waals surface area contributed by atoms with Crippen molar-refractivity contribution in [1.29, 1.82) is 0 Å². The first kappa shape index (κ1) is 41.8. The number of benzene rings is 10. The molecule has 0 aliphatic rings. The van der Waals surface area contributed by atoms with Gasteiger partial charge in [0, 0.05) is 49.0 Å². The van der Waals surface area contributed by atoms with Crippen LogP contribution in [0.15, 0.2) is 239 Å². The Bertz CT molecular complexity index is 4320. The summed E-state index contributed by atoms with van der Waals surface area (Å²) in [5.74, 6) is 1.65. The molecule has 0 N–H and O–H groups in total. The van der Waals surface area contributed by atoms with Crippen LogP contribution in [0.4, 0.5) is 0 Å². The zero-order valence-corrected chi connectivity index (χ0v) is 39.0. The van der Waals surface area contributed by atoms with E-state index >= 15 is 0 Å². The van der Waals surface area contributed by atoms with Gasteiger partial charge in [0.05, 0.1) is 11.0 Å². The first-order valence-electron chi connectivity index (χ1n) is 24.2. The van der Waals surface area contributed by atoms with E-state index in [0.717, 1.165) is 121 Å². The number of hydrogen-bond donors (Lipinski definition) is 0. The second-order valence-corrected chi connectivity index (χ2v) is 17.6. The predicted octanol–water partition coefficient (Wildman–Crippen LogP) is 17.8. The molecule has 0 fully saturated rings. The minimum Gasteiger partial charge on any atom is -0.456 e. The third-order valence-corrected chi connectivity index (χ3v) is 13.4. The third kappa shape index (κ3) is 7.24. The number of para-hydroxylation sites is 3. The molecule has 14 rings (SSSR count). The Labute approximate surface area is 409 Å². The van der Waals surface area contributed by atoms with Crippen molar-refractivity contribution in [1.82, 2.24) is 19.5 Å². The monoisotopic (exact) mass is 912 g/mol. The molecule has 0 amide bonds. The van der Waals surface area contributed by atoms with Crippen LogP contribution in [0.2, 0.25) is 0 Å². The lowest BCUT2D eigenvalue weighted by atomic mass is 9.93. The first-order chi connectivity index (χ1) is 35.2. The van der Waals surface area contributed by atoms with Gasteiger partial charge in [0.15, 0.2) is 11.6 Å². The Morgan fingerprint density at radius 2 is 0.761 bits per heavy atom. The molecule has 0 saturated heterocycles. The van der Waals surface area contributed by atoms with E-state index in [9.17, 15) is 0 Å². The lowest BCUT2D eigenvalue weighted by molar-refractivity contribution is 0.668. The van der Waals surface area contributed by atoms with Crippen LogP contribution in [0.3, 0.4) is 0 Å². The highest BCUT2D eigenvalue weighted by Gasteiger charge is 2.23. The summed E-state index contributed by atoms with van der Waals surface area (Å²) in [7, 11) is 0. The maximum absolute atomic E-state index is 6.38. The molecule has 0 saturated carbocycles. The fourth-order valence-electron chi connectivity index (χ4n) is 10.1. The Morgan fingerprint density at radius 1 is 0.296 bits per heavy atom. The summed E-state index contributed by atoms with van der Waals surface area (Å²) in [6.07, 6.45) is 0. The molecule has 4 aromatic heterocycles. The number of hydrogen-bond acceptors (Lipinski definition) is 5. The number of nitrogens with zero attached hydrogens (tertiary/aromatic N) is 4. The molecule has 336 valence electrons. The second kappa shape index (κ2) is 17.3. The van der Waals surface area contributed by atoms with E-state index in [1.807, 2.05) is 80.6 Å². The molecular weight excluding hydrogens is 869 g/mol. The highest BCUT2D eigenvalue weighted by Crippen LogP contribution is 2.43. The molecule has 10 aromatic carbocycles. The lowest BCUT2D eigenvalue weighted by Crippen LogP contribution is -2.07. The molecule has 14 aromatic rings. The van der Waals surface area contributed by atoms with Crippen LogP contribution in [-0.2, 0) is 0 Å². The standard InChI is InChI=1S/C63H38N4O2.C2H6/c1-3-15-39(16-4-1)47-35-53(45-22-14-21-43(34-45)41-19-13-20-42(33-41)44-29-31-51-49-24-8-11-27-56(49)68-58(51)37-44)60-54(36-47)48-23-7-10-26-55(48)67(60)63-65-61(40-17-5-2-6-18-40)64-62(66-63)46-30-32-52-50-25-9-12-28-57(50)69-59(52)38-46;1-2/h1-38H;1-2H3. The Morgan fingerprint density at radius 3 is 1.41 bits per heavy atom. The van der Waals surface area contributed by atoms with Gasteiger partial charge >= 0.3 is 0 Å². The van der Waals surface area contributed by atoms with Crippen molar-refractivity contribution in [2.24, 2.45) is 0 Å². The molecule has 6 nitrogen and oxygen atoms in total. The normalized spacial score (nSPS) is 11.5. The zero-order valence-electron chi connectivity index (χ0n) is 39.0. The molecule has 0 bridgehead atoms. The topological polar surface area (TPSA) is 69.9 Å². The largest absolute Gasteiger partial charge is 0.456 e. The van der Waals surface area contributed by atoms with Crippen molar-refractivity contribution in [3.05, 3.63) is 231 Å². The molecule has 6 heteroatoms. The SMILES string of the molecule is CC.c1ccc(-c2cc(-c3cccc(-c4cccc(-c5ccc6c(c5)oc5ccccc56)c4)c3)c3c(c2)c2ccccc2n3-c2nc(-c3ccccc3)nc(-c3ccc4c(c3)oc3ccccc34)n2)cc1. The van der Waals surface area contributed by atoms with Crippen molar-refractivity contribution < 1.29 is 8.83 Å². The van der Waals surface area contributed by atoms with Crippen LogP contribution >= 0.6 is 0 Å². The van der Waals surface area contributed by atoms with Gasteiger partial charge in [-0.25, -0.2) is 4.98 Å². The fourth-order valence-corrected chi connectivity index (χ4v) is 10.1. The van der Waals surface area contributed by atoms with Crippen LogP contribution in [-0.4, -0.2) is 19.5 Å². The summed E-state index contributed by atoms with van der Waals surface area (Å²) in [5, 5.41) is 6.57. The smallest absolute Gasteiger partial charge is 0.238 e. The van der Waals surface area contributed by atoms with Gasteiger partial charge in [0.25, 0.3) is 0 Å². The van der Waals surface area contributed by atoms with Gasteiger partial charge < -0.3 is 8.83 Å². The minimum atomic E-state index is 0.522. The number of furan rings is 2. The highest BCUT2D eigenvalue weighted by atomic mass is 16.3. The molecule has 71 heavy (non-hydrogen) atoms. The minimum absolute atomic E-state index is 0.522. The van der Waals surface area contributed by atoms with Crippen molar-refractivity contribution in [3.63, 3.8) is 0 Å². The Balaban J connectivity index is 0.00000243. The average molecular weight is 913 g/mol. The van der Waals surface area contributed by atoms with E-state index in [4.69, 9.17) is 23.8 Å². The number of fused-ring (bicyclic) bond motifs is 9. The van der Waals surface area contributed by atoms with E-state index in [-0.39, 0.29) is 0 Å². The summed E-state index contributed by atoms with van der Waals surface area (Å²) in [5.41, 5.74) is 16.0. The van der Waals surface area contributed by atoms with Gasteiger partial charge in [-0.05, 0) is 106 Å². The lowest BCUT2D eigenvalue weighted by Gasteiger charge is -2.15. The maximum Gasteiger partial charge on any atom is 0.238 e. The van der Waals surface area contributed by atoms with Gasteiger partial charge in [-0.15, -0.1) is 0 Å². The first-order valence-corrected chi connectivity index (χ1v) is 24.2. The van der Waals surface area contributed by atoms with Crippen molar-refractivity contribution in [2.45, 2.75) is 13.8 Å². The van der Waals surface area contributed by atoms with Crippen LogP contribution in [0.1, 0.15) is 13.8 Å². The third-order valence-electron chi connectivity index (χ3n) is 13.4. The van der Waals surface area contributed by atoms with E-state index in [2.05, 4.69) is 168 Å². The summed E-state index contributed by atoms with van der Waals surface area (Å²) < 4.78 is 14.9. The van der Waals surface area contributed by atoms with Crippen LogP contribution in [0.5, 0.6) is 0 Å². The van der Waals surface area contributed by atoms with Crippen LogP contribution < -0.4 is 0 Å². The maximum atomic E-state index is 6.38. The molecular formula is C65H44N4O2. The summed E-state index contributed by atoms with van der Waals surface area (Å²) in [4.78, 5) is 15.9. The van der Waals surface area contributed by atoms with E-state index in [0.29, 0.717) is 17.6 Å². The molecule has 4 heterocycles.